The summed E-state index contributed by atoms with van der Waals surface area (Å²) in [6.07, 6.45) is -0.175. The van der Waals surface area contributed by atoms with Crippen LogP contribution >= 0.6 is 0 Å². The molecule has 0 aromatic rings. The van der Waals surface area contributed by atoms with Crippen LogP contribution in [0, 0.1) is 0 Å². The van der Waals surface area contributed by atoms with E-state index in [0.717, 1.165) is 7.62 Å². The normalized spacial score (nSPS) is 12.1. The molecule has 3 N–H and O–H groups in total. The van der Waals surface area contributed by atoms with Gasteiger partial charge in [-0.3, -0.25) is 9.59 Å². The first-order valence-electron chi connectivity index (χ1n) is 3.63. The van der Waals surface area contributed by atoms with Gasteiger partial charge in [0.05, 0.1) is 6.04 Å². The number of carboxylic acid groups (broad SMARTS) is 2. The maximum Gasteiger partial charge on any atom is 0.396 e. The molecule has 6 nitrogen and oxygen atoms in total. The van der Waals surface area contributed by atoms with Gasteiger partial charge >= 0.3 is 19.6 Å². The van der Waals surface area contributed by atoms with Gasteiger partial charge in [-0.2, -0.15) is 0 Å². The Hall–Kier alpha value is -1.08. The molecule has 0 bridgehead atoms. The second kappa shape index (κ2) is 6.44. The third-order valence-corrected chi connectivity index (χ3v) is 1.33. The van der Waals surface area contributed by atoms with Crippen LogP contribution in [0.3, 0.4) is 0 Å². The van der Waals surface area contributed by atoms with Gasteiger partial charge in [0.25, 0.3) is 0 Å². The molecule has 13 heavy (non-hydrogen) atoms. The molecule has 0 unspecified atom stereocenters. The van der Waals surface area contributed by atoms with E-state index in [1.54, 1.807) is 0 Å². The van der Waals surface area contributed by atoms with Crippen molar-refractivity contribution in [2.75, 3.05) is 7.11 Å². The second-order valence-electron chi connectivity index (χ2n) is 2.34. The average molecular weight is 188 g/mol. The predicted molar refractivity (Wildman–Crippen MR) is 44.2 cm³/mol. The quantitative estimate of drug-likeness (QED) is 0.447. The average Bonchev–Trinajstić information content (AvgIpc) is 2.03. The van der Waals surface area contributed by atoms with Gasteiger partial charge in [0.2, 0.25) is 0 Å². The van der Waals surface area contributed by atoms with Gasteiger partial charge in [0, 0.05) is 13.5 Å². The number of nitrogens with one attached hydrogen (secondary N) is 1. The highest BCUT2D eigenvalue weighted by Gasteiger charge is 2.17. The smallest absolute Gasteiger partial charge is 0.396 e. The third kappa shape index (κ3) is 6.12. The molecule has 0 saturated heterocycles. The Morgan fingerprint density at radius 3 is 2.54 bits per heavy atom. The van der Waals surface area contributed by atoms with Crippen molar-refractivity contribution >= 4 is 19.6 Å². The number of carbonyl (C=O) groups is 2. The van der Waals surface area contributed by atoms with Crippen LogP contribution in [0.1, 0.15) is 12.8 Å². The molecule has 0 aromatic carbocycles. The molecular weight excluding hydrogens is 177 g/mol. The van der Waals surface area contributed by atoms with Crippen LogP contribution < -0.4 is 5.23 Å². The lowest BCUT2D eigenvalue weighted by molar-refractivity contribution is -0.140. The Morgan fingerprint density at radius 2 is 2.15 bits per heavy atom. The van der Waals surface area contributed by atoms with E-state index < -0.39 is 18.0 Å². The summed E-state index contributed by atoms with van der Waals surface area (Å²) in [6.45, 7) is 0. The van der Waals surface area contributed by atoms with Crippen LogP contribution in [-0.2, 0) is 14.2 Å². The van der Waals surface area contributed by atoms with Crippen LogP contribution in [0.25, 0.3) is 0 Å². The fourth-order valence-corrected chi connectivity index (χ4v) is 0.696. The summed E-state index contributed by atoms with van der Waals surface area (Å²) in [5, 5.41) is 19.3. The molecule has 1 radical (unpaired) electrons. The largest absolute Gasteiger partial charge is 0.481 e. The number of rotatable bonds is 7. The zero-order valence-corrected chi connectivity index (χ0v) is 7.19. The first kappa shape index (κ1) is 11.9. The molecule has 0 aromatic heterocycles. The van der Waals surface area contributed by atoms with Gasteiger partial charge in [-0.15, -0.1) is 0 Å². The van der Waals surface area contributed by atoms with E-state index in [4.69, 9.17) is 10.2 Å². The Balaban J connectivity index is 3.80. The molecule has 0 heterocycles. The van der Waals surface area contributed by atoms with Crippen LogP contribution in [0.5, 0.6) is 0 Å². The minimum absolute atomic E-state index is 0.0184. The summed E-state index contributed by atoms with van der Waals surface area (Å²) in [5.74, 6) is -2.12. The molecule has 0 spiro atoms. The molecule has 1 atom stereocenters. The molecule has 0 aliphatic rings. The maximum atomic E-state index is 10.5. The maximum absolute atomic E-state index is 10.5. The van der Waals surface area contributed by atoms with Crippen LogP contribution in [-0.4, -0.2) is 42.9 Å². The van der Waals surface area contributed by atoms with Crippen molar-refractivity contribution < 1.29 is 24.5 Å². The third-order valence-electron chi connectivity index (χ3n) is 1.33. The van der Waals surface area contributed by atoms with Crippen molar-refractivity contribution in [1.82, 2.24) is 5.23 Å². The van der Waals surface area contributed by atoms with Gasteiger partial charge in [-0.25, -0.2) is 0 Å². The van der Waals surface area contributed by atoms with Crippen molar-refractivity contribution in [2.45, 2.75) is 18.9 Å². The Morgan fingerprint density at radius 1 is 1.54 bits per heavy atom. The van der Waals surface area contributed by atoms with Crippen molar-refractivity contribution in [1.29, 1.82) is 0 Å². The Labute approximate surface area is 76.2 Å². The zero-order chi connectivity index (χ0) is 10.3. The van der Waals surface area contributed by atoms with Gasteiger partial charge in [0.1, 0.15) is 0 Å². The van der Waals surface area contributed by atoms with Crippen molar-refractivity contribution in [2.24, 2.45) is 0 Å². The second-order valence-corrected chi connectivity index (χ2v) is 2.34. The summed E-state index contributed by atoms with van der Waals surface area (Å²) in [7, 11) is 2.48. The zero-order valence-electron chi connectivity index (χ0n) is 7.19. The lowest BCUT2D eigenvalue weighted by Crippen LogP contribution is -2.40. The fourth-order valence-electron chi connectivity index (χ4n) is 0.696. The van der Waals surface area contributed by atoms with E-state index in [-0.39, 0.29) is 12.8 Å². The number of hydrogen-bond acceptors (Lipinski definition) is 4. The van der Waals surface area contributed by atoms with Gasteiger partial charge in [-0.05, 0) is 6.42 Å². The van der Waals surface area contributed by atoms with Gasteiger partial charge in [-0.1, -0.05) is 0 Å². The highest BCUT2D eigenvalue weighted by atomic mass is 16.4. The lowest BCUT2D eigenvalue weighted by atomic mass is 10.1. The first-order valence-corrected chi connectivity index (χ1v) is 3.63. The summed E-state index contributed by atoms with van der Waals surface area (Å²) in [5.41, 5.74) is 0. The topological polar surface area (TPSA) is 95.9 Å². The lowest BCUT2D eigenvalue weighted by Gasteiger charge is -2.10. The molecule has 0 rings (SSSR count). The summed E-state index contributed by atoms with van der Waals surface area (Å²) < 4.78 is 4.48. The SMILES string of the molecule is CO[B]N[C@@H](CCC(=O)O)C(=O)O. The van der Waals surface area contributed by atoms with Gasteiger partial charge in [0.15, 0.2) is 0 Å². The van der Waals surface area contributed by atoms with E-state index in [1.165, 1.54) is 7.11 Å². The standard InChI is InChI=1S/C6H11BNO5/c1-13-7-8-4(6(11)12)2-3-5(9)10/h4,8H,2-3H2,1H3,(H,9,10)(H,11,12)/t4-/m0/s1. The van der Waals surface area contributed by atoms with Crippen LogP contribution in [0.4, 0.5) is 0 Å². The summed E-state index contributed by atoms with van der Waals surface area (Å²) >= 11 is 0. The van der Waals surface area contributed by atoms with Crippen LogP contribution in [0.15, 0.2) is 0 Å². The number of hydrogen-bond donors (Lipinski definition) is 3. The van der Waals surface area contributed by atoms with Crippen LogP contribution in [0.2, 0.25) is 0 Å². The number of carboxylic acids is 2. The molecule has 0 aliphatic carbocycles. The fraction of sp³-hybridized carbons (Fsp3) is 0.667. The van der Waals surface area contributed by atoms with E-state index in [0.29, 0.717) is 0 Å². The summed E-state index contributed by atoms with van der Waals surface area (Å²) in [4.78, 5) is 20.6. The molecule has 0 saturated carbocycles. The minimum Gasteiger partial charge on any atom is -0.481 e. The molecule has 7 heteroatoms. The molecule has 0 aliphatic heterocycles. The minimum atomic E-state index is -1.10. The molecule has 73 valence electrons. The highest BCUT2D eigenvalue weighted by molar-refractivity contribution is 6.24. The monoisotopic (exact) mass is 188 g/mol. The van der Waals surface area contributed by atoms with Crippen molar-refractivity contribution in [3.8, 4) is 0 Å². The van der Waals surface area contributed by atoms with E-state index in [1.807, 2.05) is 0 Å². The number of aliphatic carboxylic acids is 2. The summed E-state index contributed by atoms with van der Waals surface area (Å²) in [6, 6.07) is -0.920. The Bertz CT molecular complexity index is 186. The van der Waals surface area contributed by atoms with Gasteiger partial charge < -0.3 is 20.1 Å². The molecule has 0 amide bonds. The predicted octanol–water partition coefficient (Wildman–Crippen LogP) is -0.925. The molecular formula is C6H11BNO5. The van der Waals surface area contributed by atoms with E-state index in [2.05, 4.69) is 9.88 Å². The molecule has 0 fully saturated rings. The van der Waals surface area contributed by atoms with E-state index >= 15 is 0 Å². The highest BCUT2D eigenvalue weighted by Crippen LogP contribution is 1.96. The van der Waals surface area contributed by atoms with E-state index in [9.17, 15) is 9.59 Å². The van der Waals surface area contributed by atoms with Crippen molar-refractivity contribution in [3.05, 3.63) is 0 Å². The first-order chi connectivity index (χ1) is 6.07. The Kier molecular flexibility index (Phi) is 5.91. The van der Waals surface area contributed by atoms with Crippen molar-refractivity contribution in [3.63, 3.8) is 0 Å².